The van der Waals surface area contributed by atoms with Crippen molar-refractivity contribution in [3.8, 4) is 17.2 Å². The molecule has 3 aromatic rings. The Balaban J connectivity index is 1.76. The maximum Gasteiger partial charge on any atom is 0.328 e. The third-order valence-electron chi connectivity index (χ3n) is 5.92. The van der Waals surface area contributed by atoms with E-state index in [1.165, 1.54) is 43.5 Å². The third kappa shape index (κ3) is 8.24. The van der Waals surface area contributed by atoms with Crippen molar-refractivity contribution in [2.75, 3.05) is 7.11 Å². The minimum absolute atomic E-state index is 0.0503. The number of esters is 1. The van der Waals surface area contributed by atoms with E-state index in [2.05, 4.69) is 10.6 Å². The second-order valence-corrected chi connectivity index (χ2v) is 8.86. The molecule has 0 radical (unpaired) electrons. The quantitative estimate of drug-likeness (QED) is 0.205. The van der Waals surface area contributed by atoms with Crippen molar-refractivity contribution in [3.63, 3.8) is 0 Å². The molecule has 0 saturated heterocycles. The second-order valence-electron chi connectivity index (χ2n) is 8.86. The van der Waals surface area contributed by atoms with E-state index < -0.39 is 35.9 Å². The van der Waals surface area contributed by atoms with Gasteiger partial charge in [0.2, 0.25) is 11.8 Å². The van der Waals surface area contributed by atoms with Crippen LogP contribution in [0.5, 0.6) is 17.2 Å². The van der Waals surface area contributed by atoms with E-state index in [4.69, 9.17) is 10.5 Å². The Kier molecular flexibility index (Phi) is 9.66. The zero-order chi connectivity index (χ0) is 27.7. The molecule has 0 bridgehead atoms. The van der Waals surface area contributed by atoms with Gasteiger partial charge in [-0.05, 0) is 59.5 Å². The topological polar surface area (TPSA) is 171 Å². The van der Waals surface area contributed by atoms with Gasteiger partial charge in [0.05, 0.1) is 13.2 Å². The largest absolute Gasteiger partial charge is 0.508 e. The summed E-state index contributed by atoms with van der Waals surface area (Å²) in [7, 11) is 1.20. The first-order chi connectivity index (χ1) is 18.1. The number of hydrogen-bond donors (Lipinski definition) is 6. The first-order valence-electron chi connectivity index (χ1n) is 11.9. The molecule has 0 aliphatic carbocycles. The smallest absolute Gasteiger partial charge is 0.328 e. The highest BCUT2D eigenvalue weighted by molar-refractivity contribution is 5.92. The number of methoxy groups -OCH3 is 1. The van der Waals surface area contributed by atoms with Gasteiger partial charge in [0.1, 0.15) is 29.3 Å². The monoisotopic (exact) mass is 521 g/mol. The van der Waals surface area contributed by atoms with Crippen LogP contribution < -0.4 is 16.4 Å². The number of carbonyl (C=O) groups is 3. The van der Waals surface area contributed by atoms with Gasteiger partial charge in [-0.25, -0.2) is 4.79 Å². The molecule has 10 heteroatoms. The van der Waals surface area contributed by atoms with Crippen molar-refractivity contribution < 1.29 is 34.4 Å². The molecule has 0 aliphatic rings. The van der Waals surface area contributed by atoms with E-state index in [0.717, 1.165) is 5.56 Å². The van der Waals surface area contributed by atoms with Crippen molar-refractivity contribution in [3.05, 3.63) is 89.5 Å². The van der Waals surface area contributed by atoms with Crippen LogP contribution in [0.25, 0.3) is 0 Å². The predicted octanol–water partition coefficient (Wildman–Crippen LogP) is 1.30. The number of phenolic OH excluding ortho intramolecular Hbond substituents is 3. The van der Waals surface area contributed by atoms with Crippen LogP contribution in [0.15, 0.2) is 72.8 Å². The molecule has 200 valence electrons. The Bertz CT molecular complexity index is 1230. The summed E-state index contributed by atoms with van der Waals surface area (Å²) in [5, 5.41) is 33.9. The molecule has 0 aliphatic heterocycles. The SMILES string of the molecule is COC(=O)[C@H](Cc1ccc(O)cc1)NC(=O)[C@@H](Cc1ccc(O)cc1)NC(=O)[C@@H](N)Cc1ccc(O)cc1. The molecule has 3 aromatic carbocycles. The first kappa shape index (κ1) is 28.0. The van der Waals surface area contributed by atoms with E-state index in [9.17, 15) is 29.7 Å². The normalized spacial score (nSPS) is 13.1. The number of carbonyl (C=O) groups excluding carboxylic acids is 3. The van der Waals surface area contributed by atoms with Crippen LogP contribution in [-0.2, 0) is 38.4 Å². The molecule has 0 spiro atoms. The maximum absolute atomic E-state index is 13.4. The number of nitrogens with one attached hydrogen (secondary N) is 2. The highest BCUT2D eigenvalue weighted by Crippen LogP contribution is 2.15. The number of rotatable bonds is 11. The minimum Gasteiger partial charge on any atom is -0.508 e. The van der Waals surface area contributed by atoms with Gasteiger partial charge in [0.25, 0.3) is 0 Å². The van der Waals surface area contributed by atoms with Gasteiger partial charge >= 0.3 is 5.97 Å². The van der Waals surface area contributed by atoms with Crippen molar-refractivity contribution in [2.24, 2.45) is 5.73 Å². The summed E-state index contributed by atoms with van der Waals surface area (Å²) in [6.07, 6.45) is 0.334. The molecule has 0 unspecified atom stereocenters. The molecule has 0 fully saturated rings. The fourth-order valence-electron chi connectivity index (χ4n) is 3.81. The maximum atomic E-state index is 13.4. The Labute approximate surface area is 220 Å². The second kappa shape index (κ2) is 13.1. The van der Waals surface area contributed by atoms with Crippen LogP contribution in [0.2, 0.25) is 0 Å². The molecular formula is C28H31N3O7. The van der Waals surface area contributed by atoms with Crippen molar-refractivity contribution >= 4 is 17.8 Å². The standard InChI is InChI=1S/C28H31N3O7/c1-38-28(37)25(16-19-6-12-22(34)13-7-19)31-27(36)24(15-18-4-10-21(33)11-5-18)30-26(35)23(29)14-17-2-8-20(32)9-3-17/h2-13,23-25,32-34H,14-16,29H2,1H3,(H,30,35)(H,31,36)/t23-,24+,25-/m0/s1. The summed E-state index contributed by atoms with van der Waals surface area (Å²) < 4.78 is 4.86. The van der Waals surface area contributed by atoms with E-state index in [1.807, 2.05) is 0 Å². The number of ether oxygens (including phenoxy) is 1. The molecule has 2 amide bonds. The van der Waals surface area contributed by atoms with Crippen LogP contribution >= 0.6 is 0 Å². The summed E-state index contributed by atoms with van der Waals surface area (Å²) >= 11 is 0. The van der Waals surface area contributed by atoms with Crippen LogP contribution in [-0.4, -0.2) is 58.3 Å². The lowest BCUT2D eigenvalue weighted by molar-refractivity contribution is -0.145. The average molecular weight is 522 g/mol. The molecule has 10 nitrogen and oxygen atoms in total. The van der Waals surface area contributed by atoms with Gasteiger partial charge in [0.15, 0.2) is 0 Å². The third-order valence-corrected chi connectivity index (χ3v) is 5.92. The van der Waals surface area contributed by atoms with E-state index in [1.54, 1.807) is 36.4 Å². The number of nitrogens with two attached hydrogens (primary N) is 1. The van der Waals surface area contributed by atoms with Crippen molar-refractivity contribution in [1.29, 1.82) is 0 Å². The molecule has 0 heterocycles. The van der Waals surface area contributed by atoms with Crippen molar-refractivity contribution in [2.45, 2.75) is 37.4 Å². The van der Waals surface area contributed by atoms with Gasteiger partial charge in [-0.1, -0.05) is 36.4 Å². The van der Waals surface area contributed by atoms with Crippen molar-refractivity contribution in [1.82, 2.24) is 10.6 Å². The number of amides is 2. The highest BCUT2D eigenvalue weighted by Gasteiger charge is 2.29. The summed E-state index contributed by atoms with van der Waals surface area (Å²) in [4.78, 5) is 38.8. The van der Waals surface area contributed by atoms with Gasteiger partial charge in [0, 0.05) is 12.8 Å². The predicted molar refractivity (Wildman–Crippen MR) is 139 cm³/mol. The van der Waals surface area contributed by atoms with Crippen LogP contribution in [0, 0.1) is 0 Å². The summed E-state index contributed by atoms with van der Waals surface area (Å²) in [5.74, 6) is -1.68. The molecule has 0 saturated carbocycles. The zero-order valence-electron chi connectivity index (χ0n) is 20.8. The van der Waals surface area contributed by atoms with Crippen LogP contribution in [0.4, 0.5) is 0 Å². The highest BCUT2D eigenvalue weighted by atomic mass is 16.5. The Morgan fingerprint density at radius 1 is 0.658 bits per heavy atom. The summed E-state index contributed by atoms with van der Waals surface area (Å²) in [5.41, 5.74) is 8.16. The lowest BCUT2D eigenvalue weighted by Gasteiger charge is -2.24. The fraction of sp³-hybridized carbons (Fsp3) is 0.250. The van der Waals surface area contributed by atoms with Crippen LogP contribution in [0.1, 0.15) is 16.7 Å². The minimum atomic E-state index is -1.09. The number of phenols is 3. The molecule has 3 atom stereocenters. The lowest BCUT2D eigenvalue weighted by atomic mass is 10.0. The van der Waals surface area contributed by atoms with E-state index >= 15 is 0 Å². The van der Waals surface area contributed by atoms with Crippen LogP contribution in [0.3, 0.4) is 0 Å². The molecule has 38 heavy (non-hydrogen) atoms. The van der Waals surface area contributed by atoms with Gasteiger partial charge < -0.3 is 36.4 Å². The Morgan fingerprint density at radius 3 is 1.45 bits per heavy atom. The average Bonchev–Trinajstić information content (AvgIpc) is 2.91. The number of benzene rings is 3. The van der Waals surface area contributed by atoms with E-state index in [-0.39, 0.29) is 36.5 Å². The molecule has 3 rings (SSSR count). The summed E-state index contributed by atoms with van der Waals surface area (Å²) in [6, 6.07) is 15.5. The zero-order valence-corrected chi connectivity index (χ0v) is 20.8. The first-order valence-corrected chi connectivity index (χ1v) is 11.9. The van der Waals surface area contributed by atoms with E-state index in [0.29, 0.717) is 11.1 Å². The molecule has 7 N–H and O–H groups in total. The molecular weight excluding hydrogens is 490 g/mol. The van der Waals surface area contributed by atoms with Gasteiger partial charge in [-0.3, -0.25) is 9.59 Å². The Morgan fingerprint density at radius 2 is 1.03 bits per heavy atom. The fourth-order valence-corrected chi connectivity index (χ4v) is 3.81. The number of hydrogen-bond acceptors (Lipinski definition) is 8. The Hall–Kier alpha value is -4.57. The van der Waals surface area contributed by atoms with Gasteiger partial charge in [-0.2, -0.15) is 0 Å². The lowest BCUT2D eigenvalue weighted by Crippen LogP contribution is -2.56. The number of aromatic hydroxyl groups is 3. The molecule has 0 aromatic heterocycles. The van der Waals surface area contributed by atoms with Gasteiger partial charge in [-0.15, -0.1) is 0 Å². The summed E-state index contributed by atoms with van der Waals surface area (Å²) in [6.45, 7) is 0.